The van der Waals surface area contributed by atoms with E-state index in [0.29, 0.717) is 30.2 Å². The van der Waals surface area contributed by atoms with Crippen LogP contribution in [0.5, 0.6) is 5.75 Å². The molecule has 3 rings (SSSR count). The lowest BCUT2D eigenvalue weighted by Gasteiger charge is -2.18. The third kappa shape index (κ3) is 7.54. The van der Waals surface area contributed by atoms with E-state index in [9.17, 15) is 17.6 Å². The van der Waals surface area contributed by atoms with Crippen molar-refractivity contribution < 1.29 is 22.3 Å². The van der Waals surface area contributed by atoms with Crippen molar-refractivity contribution in [3.8, 4) is 5.75 Å². The highest BCUT2D eigenvalue weighted by atomic mass is 32.2. The molecule has 1 aromatic heterocycles. The molecular formula is C23H27FN6O4S. The van der Waals surface area contributed by atoms with Crippen molar-refractivity contribution in [1.29, 1.82) is 0 Å². The van der Waals surface area contributed by atoms with Gasteiger partial charge in [-0.1, -0.05) is 18.2 Å². The smallest absolute Gasteiger partial charge is 0.260 e. The minimum atomic E-state index is -3.54. The van der Waals surface area contributed by atoms with Gasteiger partial charge in [0.25, 0.3) is 5.91 Å². The zero-order chi connectivity index (χ0) is 25.4. The number of halogens is 1. The minimum Gasteiger partial charge on any atom is -0.484 e. The van der Waals surface area contributed by atoms with Gasteiger partial charge in [0.1, 0.15) is 5.75 Å². The van der Waals surface area contributed by atoms with Gasteiger partial charge in [0.2, 0.25) is 16.0 Å². The SMILES string of the molecule is CCN(CC)C(=O)COc1cccc(Nc2ncc(F)c(Nc3ccccc3NS(C)(=O)=O)n2)c1. The standard InChI is InChI=1S/C23H27FN6O4S/c1-4-30(5-2)21(31)15-34-17-10-8-9-16(13-17)26-23-25-14-18(24)22(28-23)27-19-11-6-7-12-20(19)29-35(3,32)33/h6-14,29H,4-5,15H2,1-3H3,(H2,25,26,27,28). The molecule has 0 saturated carbocycles. The topological polar surface area (TPSA) is 126 Å². The third-order valence-corrected chi connectivity index (χ3v) is 5.38. The molecule has 0 bridgehead atoms. The van der Waals surface area contributed by atoms with Crippen LogP contribution in [0.4, 0.5) is 33.2 Å². The van der Waals surface area contributed by atoms with E-state index >= 15 is 0 Å². The Balaban J connectivity index is 1.74. The van der Waals surface area contributed by atoms with Gasteiger partial charge in [0.05, 0.1) is 23.8 Å². The van der Waals surface area contributed by atoms with Gasteiger partial charge >= 0.3 is 0 Å². The summed E-state index contributed by atoms with van der Waals surface area (Å²) in [4.78, 5) is 22.0. The van der Waals surface area contributed by atoms with Crippen LogP contribution in [0.15, 0.2) is 54.7 Å². The van der Waals surface area contributed by atoms with Gasteiger partial charge in [-0.3, -0.25) is 9.52 Å². The van der Waals surface area contributed by atoms with Gasteiger partial charge in [-0.2, -0.15) is 4.98 Å². The van der Waals surface area contributed by atoms with E-state index in [4.69, 9.17) is 4.74 Å². The van der Waals surface area contributed by atoms with Crippen LogP contribution in [0.25, 0.3) is 0 Å². The quantitative estimate of drug-likeness (QED) is 0.362. The molecular weight excluding hydrogens is 475 g/mol. The minimum absolute atomic E-state index is 0.0901. The maximum atomic E-state index is 14.4. The molecule has 0 saturated heterocycles. The summed E-state index contributed by atoms with van der Waals surface area (Å²) in [6.45, 7) is 4.92. The summed E-state index contributed by atoms with van der Waals surface area (Å²) < 4.78 is 45.6. The Bertz CT molecular complexity index is 1280. The number of anilines is 5. The number of nitrogens with one attached hydrogen (secondary N) is 3. The van der Waals surface area contributed by atoms with Gasteiger partial charge in [0, 0.05) is 24.8 Å². The van der Waals surface area contributed by atoms with E-state index in [1.807, 2.05) is 13.8 Å². The molecule has 12 heteroatoms. The van der Waals surface area contributed by atoms with Crippen LogP contribution in [-0.4, -0.2) is 55.1 Å². The molecule has 2 aromatic carbocycles. The summed E-state index contributed by atoms with van der Waals surface area (Å²) in [5.41, 5.74) is 1.12. The molecule has 0 fully saturated rings. The number of hydrogen-bond acceptors (Lipinski definition) is 8. The van der Waals surface area contributed by atoms with Crippen molar-refractivity contribution in [1.82, 2.24) is 14.9 Å². The fraction of sp³-hybridized carbons (Fsp3) is 0.261. The molecule has 3 N–H and O–H groups in total. The van der Waals surface area contributed by atoms with Crippen molar-refractivity contribution >= 4 is 44.8 Å². The molecule has 0 aliphatic carbocycles. The van der Waals surface area contributed by atoms with Gasteiger partial charge in [-0.05, 0) is 38.1 Å². The number of amides is 1. The number of likely N-dealkylation sites (N-methyl/N-ethyl adjacent to an activating group) is 1. The number of carbonyl (C=O) groups excluding carboxylic acids is 1. The van der Waals surface area contributed by atoms with E-state index in [0.717, 1.165) is 12.5 Å². The normalized spacial score (nSPS) is 11.0. The first kappa shape index (κ1) is 25.7. The number of nitrogens with zero attached hydrogens (tertiary/aromatic N) is 3. The molecule has 10 nitrogen and oxygen atoms in total. The first-order valence-corrected chi connectivity index (χ1v) is 12.7. The summed E-state index contributed by atoms with van der Waals surface area (Å²) in [5.74, 6) is -0.425. The molecule has 186 valence electrons. The van der Waals surface area contributed by atoms with Gasteiger partial charge in [0.15, 0.2) is 18.2 Å². The summed E-state index contributed by atoms with van der Waals surface area (Å²) in [6, 6.07) is 13.3. The molecule has 3 aromatic rings. The molecule has 35 heavy (non-hydrogen) atoms. The second-order valence-electron chi connectivity index (χ2n) is 7.44. The molecule has 1 amide bonds. The molecule has 1 heterocycles. The monoisotopic (exact) mass is 502 g/mol. The van der Waals surface area contributed by atoms with Crippen LogP contribution in [0.3, 0.4) is 0 Å². The Morgan fingerprint density at radius 1 is 1.06 bits per heavy atom. The van der Waals surface area contributed by atoms with Crippen LogP contribution in [0, 0.1) is 5.82 Å². The number of para-hydroxylation sites is 2. The number of aromatic nitrogens is 2. The Morgan fingerprint density at radius 2 is 1.77 bits per heavy atom. The molecule has 0 unspecified atom stereocenters. The van der Waals surface area contributed by atoms with Crippen molar-refractivity contribution in [3.63, 3.8) is 0 Å². The average molecular weight is 503 g/mol. The number of hydrogen-bond donors (Lipinski definition) is 3. The van der Waals surface area contributed by atoms with Crippen molar-refractivity contribution in [3.05, 3.63) is 60.5 Å². The van der Waals surface area contributed by atoms with E-state index in [2.05, 4.69) is 25.3 Å². The van der Waals surface area contributed by atoms with E-state index in [1.165, 1.54) is 6.07 Å². The summed E-state index contributed by atoms with van der Waals surface area (Å²) in [6.07, 6.45) is 2.02. The molecule has 0 atom stereocenters. The van der Waals surface area contributed by atoms with Gasteiger partial charge in [-0.15, -0.1) is 0 Å². The Kier molecular flexibility index (Phi) is 8.42. The zero-order valence-corrected chi connectivity index (χ0v) is 20.4. The molecule has 0 spiro atoms. The predicted octanol–water partition coefficient (Wildman–Crippen LogP) is 3.72. The number of benzene rings is 2. The Labute approximate surface area is 203 Å². The molecule has 0 aliphatic heterocycles. The highest BCUT2D eigenvalue weighted by Gasteiger charge is 2.13. The second-order valence-corrected chi connectivity index (χ2v) is 9.19. The third-order valence-electron chi connectivity index (χ3n) is 4.79. The fourth-order valence-corrected chi connectivity index (χ4v) is 3.71. The lowest BCUT2D eigenvalue weighted by Crippen LogP contribution is -2.34. The molecule has 0 aliphatic rings. The summed E-state index contributed by atoms with van der Waals surface area (Å²) in [7, 11) is -3.54. The predicted molar refractivity (Wildman–Crippen MR) is 133 cm³/mol. The van der Waals surface area contributed by atoms with Crippen molar-refractivity contribution in [2.75, 3.05) is 41.3 Å². The van der Waals surface area contributed by atoms with E-state index < -0.39 is 15.8 Å². The Morgan fingerprint density at radius 3 is 2.46 bits per heavy atom. The summed E-state index contributed by atoms with van der Waals surface area (Å²) >= 11 is 0. The second kappa shape index (κ2) is 11.5. The van der Waals surface area contributed by atoms with Crippen LogP contribution >= 0.6 is 0 Å². The largest absolute Gasteiger partial charge is 0.484 e. The van der Waals surface area contributed by atoms with Gasteiger partial charge < -0.3 is 20.3 Å². The van der Waals surface area contributed by atoms with Crippen molar-refractivity contribution in [2.24, 2.45) is 0 Å². The maximum absolute atomic E-state index is 14.4. The average Bonchev–Trinajstić information content (AvgIpc) is 2.81. The van der Waals surface area contributed by atoms with Crippen LogP contribution in [0.2, 0.25) is 0 Å². The van der Waals surface area contributed by atoms with E-state index in [-0.39, 0.29) is 30.0 Å². The van der Waals surface area contributed by atoms with Crippen molar-refractivity contribution in [2.45, 2.75) is 13.8 Å². The highest BCUT2D eigenvalue weighted by Crippen LogP contribution is 2.27. The Hall–Kier alpha value is -3.93. The van der Waals surface area contributed by atoms with E-state index in [1.54, 1.807) is 47.4 Å². The lowest BCUT2D eigenvalue weighted by atomic mass is 10.2. The highest BCUT2D eigenvalue weighted by molar-refractivity contribution is 7.92. The first-order valence-electron chi connectivity index (χ1n) is 10.8. The summed E-state index contributed by atoms with van der Waals surface area (Å²) in [5, 5.41) is 5.76. The number of carbonyl (C=O) groups is 1. The van der Waals surface area contributed by atoms with Crippen LogP contribution in [0.1, 0.15) is 13.8 Å². The van der Waals surface area contributed by atoms with Gasteiger partial charge in [-0.25, -0.2) is 17.8 Å². The lowest BCUT2D eigenvalue weighted by molar-refractivity contribution is -0.132. The number of sulfonamides is 1. The first-order chi connectivity index (χ1) is 16.7. The number of rotatable bonds is 11. The zero-order valence-electron chi connectivity index (χ0n) is 19.6. The maximum Gasteiger partial charge on any atom is 0.260 e. The number of ether oxygens (including phenoxy) is 1. The van der Waals surface area contributed by atoms with Crippen LogP contribution < -0.4 is 20.1 Å². The van der Waals surface area contributed by atoms with Crippen LogP contribution in [-0.2, 0) is 14.8 Å². The molecule has 0 radical (unpaired) electrons. The fourth-order valence-electron chi connectivity index (χ4n) is 3.13.